The lowest BCUT2D eigenvalue weighted by Crippen LogP contribution is -1.99. The summed E-state index contributed by atoms with van der Waals surface area (Å²) >= 11 is 1.60. The Morgan fingerprint density at radius 1 is 1.40 bits per heavy atom. The summed E-state index contributed by atoms with van der Waals surface area (Å²) in [6.07, 6.45) is 3.28. The SMILES string of the molecule is NCc1cc(CSc2ncn[nH]2)ccn1. The van der Waals surface area contributed by atoms with E-state index < -0.39 is 0 Å². The average molecular weight is 221 g/mol. The number of pyridine rings is 1. The summed E-state index contributed by atoms with van der Waals surface area (Å²) < 4.78 is 0. The van der Waals surface area contributed by atoms with E-state index in [9.17, 15) is 0 Å². The Morgan fingerprint density at radius 3 is 3.07 bits per heavy atom. The van der Waals surface area contributed by atoms with Gasteiger partial charge in [-0.2, -0.15) is 5.10 Å². The maximum Gasteiger partial charge on any atom is 0.183 e. The minimum atomic E-state index is 0.473. The second-order valence-electron chi connectivity index (χ2n) is 2.94. The van der Waals surface area contributed by atoms with Crippen LogP contribution in [0.15, 0.2) is 29.8 Å². The van der Waals surface area contributed by atoms with Crippen molar-refractivity contribution in [1.82, 2.24) is 20.2 Å². The number of nitrogens with two attached hydrogens (primary N) is 1. The molecule has 0 fully saturated rings. The first-order valence-corrected chi connectivity index (χ1v) is 5.49. The van der Waals surface area contributed by atoms with Gasteiger partial charge in [0.25, 0.3) is 0 Å². The van der Waals surface area contributed by atoms with E-state index in [0.29, 0.717) is 6.54 Å². The summed E-state index contributed by atoms with van der Waals surface area (Å²) in [6.45, 7) is 0.473. The van der Waals surface area contributed by atoms with Gasteiger partial charge in [0.1, 0.15) is 6.33 Å². The van der Waals surface area contributed by atoms with Gasteiger partial charge < -0.3 is 5.73 Å². The summed E-state index contributed by atoms with van der Waals surface area (Å²) in [5, 5.41) is 7.40. The lowest BCUT2D eigenvalue weighted by Gasteiger charge is -2.00. The molecule has 0 radical (unpaired) electrons. The Kier molecular flexibility index (Phi) is 3.31. The molecule has 0 aliphatic carbocycles. The van der Waals surface area contributed by atoms with Crippen molar-refractivity contribution in [2.75, 3.05) is 0 Å². The van der Waals surface area contributed by atoms with Crippen LogP contribution in [0.1, 0.15) is 11.3 Å². The van der Waals surface area contributed by atoms with Crippen molar-refractivity contribution in [2.24, 2.45) is 5.73 Å². The molecule has 0 saturated carbocycles. The van der Waals surface area contributed by atoms with Gasteiger partial charge in [0.05, 0.1) is 5.69 Å². The van der Waals surface area contributed by atoms with E-state index in [1.54, 1.807) is 18.0 Å². The van der Waals surface area contributed by atoms with E-state index in [4.69, 9.17) is 5.73 Å². The molecule has 78 valence electrons. The number of aromatic nitrogens is 4. The predicted molar refractivity (Wildman–Crippen MR) is 58.1 cm³/mol. The lowest BCUT2D eigenvalue weighted by molar-refractivity contribution is 0.969. The molecule has 0 aromatic carbocycles. The molecule has 6 heteroatoms. The van der Waals surface area contributed by atoms with Crippen molar-refractivity contribution in [3.05, 3.63) is 35.9 Å². The fourth-order valence-corrected chi connectivity index (χ4v) is 1.87. The van der Waals surface area contributed by atoms with Crippen LogP contribution in [0.5, 0.6) is 0 Å². The number of rotatable bonds is 4. The molecule has 0 spiro atoms. The van der Waals surface area contributed by atoms with Crippen LogP contribution in [0.4, 0.5) is 0 Å². The second-order valence-corrected chi connectivity index (χ2v) is 3.90. The quantitative estimate of drug-likeness (QED) is 0.751. The van der Waals surface area contributed by atoms with Crippen LogP contribution in [0.25, 0.3) is 0 Å². The summed E-state index contributed by atoms with van der Waals surface area (Å²) in [7, 11) is 0. The zero-order chi connectivity index (χ0) is 10.5. The first-order valence-electron chi connectivity index (χ1n) is 4.50. The normalized spacial score (nSPS) is 10.5. The van der Waals surface area contributed by atoms with Crippen LogP contribution in [0, 0.1) is 0 Å². The zero-order valence-electron chi connectivity index (χ0n) is 8.05. The number of aromatic amines is 1. The van der Waals surface area contributed by atoms with Crippen LogP contribution in [0.3, 0.4) is 0 Å². The minimum Gasteiger partial charge on any atom is -0.325 e. The van der Waals surface area contributed by atoms with Crippen LogP contribution < -0.4 is 5.73 Å². The van der Waals surface area contributed by atoms with Gasteiger partial charge in [-0.3, -0.25) is 10.1 Å². The lowest BCUT2D eigenvalue weighted by atomic mass is 10.2. The Hall–Kier alpha value is -1.40. The van der Waals surface area contributed by atoms with Gasteiger partial charge in [-0.25, -0.2) is 4.98 Å². The number of nitrogens with zero attached hydrogens (tertiary/aromatic N) is 3. The van der Waals surface area contributed by atoms with E-state index >= 15 is 0 Å². The number of nitrogens with one attached hydrogen (secondary N) is 1. The molecule has 2 heterocycles. The zero-order valence-corrected chi connectivity index (χ0v) is 8.87. The standard InChI is InChI=1S/C9H11N5S/c10-4-8-3-7(1-2-11-8)5-15-9-12-6-13-14-9/h1-3,6H,4-5,10H2,(H,12,13,14). The number of thioether (sulfide) groups is 1. The molecule has 15 heavy (non-hydrogen) atoms. The predicted octanol–water partition coefficient (Wildman–Crippen LogP) is 0.951. The second kappa shape index (κ2) is 4.90. The van der Waals surface area contributed by atoms with Crippen LogP contribution in [0.2, 0.25) is 0 Å². The molecule has 2 aromatic rings. The summed E-state index contributed by atoms with van der Waals surface area (Å²) in [5.74, 6) is 0.838. The molecule has 2 rings (SSSR count). The highest BCUT2D eigenvalue weighted by atomic mass is 32.2. The molecule has 3 N–H and O–H groups in total. The third kappa shape index (κ3) is 2.77. The van der Waals surface area contributed by atoms with Crippen LogP contribution in [-0.2, 0) is 12.3 Å². The summed E-state index contributed by atoms with van der Waals surface area (Å²) in [5.41, 5.74) is 7.61. The molecule has 0 atom stereocenters. The van der Waals surface area contributed by atoms with E-state index in [0.717, 1.165) is 16.6 Å². The smallest absolute Gasteiger partial charge is 0.183 e. The Balaban J connectivity index is 1.98. The highest BCUT2D eigenvalue weighted by molar-refractivity contribution is 7.98. The third-order valence-corrected chi connectivity index (χ3v) is 2.81. The fourth-order valence-electron chi connectivity index (χ4n) is 1.15. The molecule has 0 amide bonds. The number of hydrogen-bond acceptors (Lipinski definition) is 5. The average Bonchev–Trinajstić information content (AvgIpc) is 2.79. The maximum absolute atomic E-state index is 5.51. The largest absolute Gasteiger partial charge is 0.325 e. The van der Waals surface area contributed by atoms with Gasteiger partial charge in [0, 0.05) is 18.5 Å². The maximum atomic E-state index is 5.51. The van der Waals surface area contributed by atoms with Crippen LogP contribution >= 0.6 is 11.8 Å². The van der Waals surface area contributed by atoms with Gasteiger partial charge in [0.15, 0.2) is 5.16 Å². The highest BCUT2D eigenvalue weighted by Gasteiger charge is 1.99. The van der Waals surface area contributed by atoms with Gasteiger partial charge >= 0.3 is 0 Å². The van der Waals surface area contributed by atoms with E-state index in [2.05, 4.69) is 20.2 Å². The van der Waals surface area contributed by atoms with Crippen molar-refractivity contribution >= 4 is 11.8 Å². The molecule has 0 aliphatic rings. The molecule has 5 nitrogen and oxygen atoms in total. The fraction of sp³-hybridized carbons (Fsp3) is 0.222. The molecule has 0 aliphatic heterocycles. The first kappa shape index (κ1) is 10.1. The molecule has 0 unspecified atom stereocenters. The van der Waals surface area contributed by atoms with Gasteiger partial charge in [-0.05, 0) is 17.7 Å². The van der Waals surface area contributed by atoms with Crippen LogP contribution in [-0.4, -0.2) is 20.2 Å². The highest BCUT2D eigenvalue weighted by Crippen LogP contribution is 2.17. The monoisotopic (exact) mass is 221 g/mol. The number of H-pyrrole nitrogens is 1. The molecule has 0 saturated heterocycles. The van der Waals surface area contributed by atoms with Crippen molar-refractivity contribution in [3.63, 3.8) is 0 Å². The molecule has 2 aromatic heterocycles. The van der Waals surface area contributed by atoms with Crippen molar-refractivity contribution in [3.8, 4) is 0 Å². The molecular formula is C9H11N5S. The van der Waals surface area contributed by atoms with Gasteiger partial charge in [-0.15, -0.1) is 0 Å². The van der Waals surface area contributed by atoms with Crippen molar-refractivity contribution in [2.45, 2.75) is 17.5 Å². The molecular weight excluding hydrogens is 210 g/mol. The van der Waals surface area contributed by atoms with E-state index in [1.165, 1.54) is 11.9 Å². The van der Waals surface area contributed by atoms with Gasteiger partial charge in [0.2, 0.25) is 0 Å². The minimum absolute atomic E-state index is 0.473. The van der Waals surface area contributed by atoms with Crippen molar-refractivity contribution < 1.29 is 0 Å². The summed E-state index contributed by atoms with van der Waals surface area (Å²) in [6, 6.07) is 3.98. The topological polar surface area (TPSA) is 80.5 Å². The Labute approximate surface area is 91.5 Å². The Morgan fingerprint density at radius 2 is 2.33 bits per heavy atom. The Bertz CT molecular complexity index is 414. The van der Waals surface area contributed by atoms with E-state index in [1.807, 2.05) is 12.1 Å². The first-order chi connectivity index (χ1) is 7.38. The summed E-state index contributed by atoms with van der Waals surface area (Å²) in [4.78, 5) is 8.16. The van der Waals surface area contributed by atoms with Gasteiger partial charge in [-0.1, -0.05) is 11.8 Å². The van der Waals surface area contributed by atoms with Crippen molar-refractivity contribution in [1.29, 1.82) is 0 Å². The third-order valence-electron chi connectivity index (χ3n) is 1.86. The molecule has 0 bridgehead atoms. The van der Waals surface area contributed by atoms with E-state index in [-0.39, 0.29) is 0 Å². The number of hydrogen-bond donors (Lipinski definition) is 2.